The Kier molecular flexibility index (Phi) is 9.46. The van der Waals surface area contributed by atoms with Crippen molar-refractivity contribution in [1.29, 1.82) is 0 Å². The lowest BCUT2D eigenvalue weighted by Gasteiger charge is -2.34. The van der Waals surface area contributed by atoms with Crippen LogP contribution in [-0.2, 0) is 16.0 Å². The van der Waals surface area contributed by atoms with E-state index in [1.807, 2.05) is 0 Å². The van der Waals surface area contributed by atoms with Gasteiger partial charge in [0.15, 0.2) is 12.6 Å². The number of methoxy groups -OCH3 is 1. The van der Waals surface area contributed by atoms with E-state index < -0.39 is 12.8 Å². The standard InChI is InChI=1S/C19H29F3N4O3/c1-23-18(26-9-6-16(7-10-26)28-12-4-11-27-2)25-13-15-5-3-8-24-17(15)29-14-19(20,21)22/h3,5,8,16H,4,6-7,9-14H2,1-2H3,(H,23,25). The number of pyridine rings is 1. The topological polar surface area (TPSA) is 68.2 Å². The lowest BCUT2D eigenvalue weighted by Crippen LogP contribution is -2.46. The predicted molar refractivity (Wildman–Crippen MR) is 103 cm³/mol. The summed E-state index contributed by atoms with van der Waals surface area (Å²) in [6.07, 6.45) is -0.123. The van der Waals surface area contributed by atoms with Gasteiger partial charge in [0.2, 0.25) is 5.88 Å². The first-order chi connectivity index (χ1) is 13.9. The van der Waals surface area contributed by atoms with Crippen LogP contribution in [0, 0.1) is 0 Å². The smallest absolute Gasteiger partial charge is 0.422 e. The highest BCUT2D eigenvalue weighted by Gasteiger charge is 2.29. The van der Waals surface area contributed by atoms with E-state index in [2.05, 4.69) is 20.2 Å². The number of hydrogen-bond donors (Lipinski definition) is 1. The van der Waals surface area contributed by atoms with Crippen LogP contribution in [0.2, 0.25) is 0 Å². The summed E-state index contributed by atoms with van der Waals surface area (Å²) >= 11 is 0. The number of nitrogens with one attached hydrogen (secondary N) is 1. The lowest BCUT2D eigenvalue weighted by atomic mass is 10.1. The molecule has 0 spiro atoms. The van der Waals surface area contributed by atoms with Gasteiger partial charge in [0.1, 0.15) is 0 Å². The molecule has 1 N–H and O–H groups in total. The molecule has 1 aliphatic rings. The molecule has 0 aromatic carbocycles. The number of halogens is 3. The van der Waals surface area contributed by atoms with Gasteiger partial charge in [-0.2, -0.15) is 13.2 Å². The molecule has 164 valence electrons. The van der Waals surface area contributed by atoms with Crippen LogP contribution in [-0.4, -0.2) is 75.2 Å². The highest BCUT2D eigenvalue weighted by atomic mass is 19.4. The highest BCUT2D eigenvalue weighted by molar-refractivity contribution is 5.80. The molecular weight excluding hydrogens is 389 g/mol. The van der Waals surface area contributed by atoms with E-state index in [1.165, 1.54) is 6.20 Å². The average molecular weight is 418 g/mol. The second-order valence-electron chi connectivity index (χ2n) is 6.68. The molecule has 0 amide bonds. The molecule has 0 saturated carbocycles. The van der Waals surface area contributed by atoms with Gasteiger partial charge in [-0.3, -0.25) is 4.99 Å². The van der Waals surface area contributed by atoms with Crippen molar-refractivity contribution in [2.75, 3.05) is 47.1 Å². The minimum atomic E-state index is -4.41. The summed E-state index contributed by atoms with van der Waals surface area (Å²) in [7, 11) is 3.36. The van der Waals surface area contributed by atoms with Crippen molar-refractivity contribution < 1.29 is 27.4 Å². The third-order valence-electron chi connectivity index (χ3n) is 4.46. The third kappa shape index (κ3) is 8.45. The number of rotatable bonds is 9. The Bertz CT molecular complexity index is 635. The number of aliphatic imine (C=N–C) groups is 1. The number of piperidine rings is 1. The first-order valence-corrected chi connectivity index (χ1v) is 9.62. The van der Waals surface area contributed by atoms with Gasteiger partial charge in [-0.05, 0) is 25.3 Å². The van der Waals surface area contributed by atoms with Gasteiger partial charge >= 0.3 is 6.18 Å². The molecule has 1 aliphatic heterocycles. The molecule has 1 fully saturated rings. The Labute approximate surface area is 169 Å². The number of hydrogen-bond acceptors (Lipinski definition) is 5. The summed E-state index contributed by atoms with van der Waals surface area (Å²) in [5.74, 6) is 0.657. The number of alkyl halides is 3. The SMILES string of the molecule is CN=C(NCc1cccnc1OCC(F)(F)F)N1CCC(OCCCOC)CC1. The maximum atomic E-state index is 12.4. The molecule has 29 heavy (non-hydrogen) atoms. The lowest BCUT2D eigenvalue weighted by molar-refractivity contribution is -0.154. The van der Waals surface area contributed by atoms with E-state index in [4.69, 9.17) is 14.2 Å². The molecule has 7 nitrogen and oxygen atoms in total. The van der Waals surface area contributed by atoms with Crippen LogP contribution in [0.15, 0.2) is 23.3 Å². The summed E-state index contributed by atoms with van der Waals surface area (Å²) in [6.45, 7) is 1.86. The fourth-order valence-electron chi connectivity index (χ4n) is 3.03. The second kappa shape index (κ2) is 11.8. The van der Waals surface area contributed by atoms with Crippen LogP contribution < -0.4 is 10.1 Å². The molecule has 1 aromatic rings. The summed E-state index contributed by atoms with van der Waals surface area (Å²) in [4.78, 5) is 10.3. The molecule has 10 heteroatoms. The molecule has 0 unspecified atom stereocenters. The molecule has 1 aromatic heterocycles. The summed E-state index contributed by atoms with van der Waals surface area (Å²) in [6, 6.07) is 3.34. The van der Waals surface area contributed by atoms with Crippen LogP contribution in [0.5, 0.6) is 5.88 Å². The zero-order valence-electron chi connectivity index (χ0n) is 16.9. The van der Waals surface area contributed by atoms with Gasteiger partial charge in [0.05, 0.1) is 6.10 Å². The number of ether oxygens (including phenoxy) is 3. The Morgan fingerprint density at radius 2 is 2.07 bits per heavy atom. The molecule has 1 saturated heterocycles. The Balaban J connectivity index is 1.81. The molecule has 0 aliphatic carbocycles. The zero-order valence-corrected chi connectivity index (χ0v) is 16.9. The molecule has 0 radical (unpaired) electrons. The van der Waals surface area contributed by atoms with Gasteiger partial charge in [0, 0.05) is 58.8 Å². The van der Waals surface area contributed by atoms with Crippen molar-refractivity contribution in [2.24, 2.45) is 4.99 Å². The Morgan fingerprint density at radius 1 is 1.31 bits per heavy atom. The average Bonchev–Trinajstić information content (AvgIpc) is 2.71. The maximum absolute atomic E-state index is 12.4. The Hall–Kier alpha value is -2.07. The molecule has 0 bridgehead atoms. The van der Waals surface area contributed by atoms with Crippen molar-refractivity contribution in [3.05, 3.63) is 23.9 Å². The van der Waals surface area contributed by atoms with Gasteiger partial charge < -0.3 is 24.4 Å². The van der Waals surface area contributed by atoms with Gasteiger partial charge in [-0.1, -0.05) is 6.07 Å². The number of aromatic nitrogens is 1. The highest BCUT2D eigenvalue weighted by Crippen LogP contribution is 2.20. The van der Waals surface area contributed by atoms with Crippen LogP contribution in [0.4, 0.5) is 13.2 Å². The summed E-state index contributed by atoms with van der Waals surface area (Å²) < 4.78 is 53.0. The maximum Gasteiger partial charge on any atom is 0.422 e. The molecule has 0 atom stereocenters. The largest absolute Gasteiger partial charge is 0.468 e. The van der Waals surface area contributed by atoms with Crippen LogP contribution in [0.25, 0.3) is 0 Å². The van der Waals surface area contributed by atoms with Crippen LogP contribution >= 0.6 is 0 Å². The normalized spacial score (nSPS) is 16.2. The van der Waals surface area contributed by atoms with Gasteiger partial charge in [0.25, 0.3) is 0 Å². The van der Waals surface area contributed by atoms with E-state index in [0.29, 0.717) is 24.7 Å². The van der Waals surface area contributed by atoms with E-state index >= 15 is 0 Å². The summed E-state index contributed by atoms with van der Waals surface area (Å²) in [5, 5.41) is 3.19. The monoisotopic (exact) mass is 418 g/mol. The van der Waals surface area contributed by atoms with Gasteiger partial charge in [-0.15, -0.1) is 0 Å². The van der Waals surface area contributed by atoms with Crippen molar-refractivity contribution in [3.63, 3.8) is 0 Å². The van der Waals surface area contributed by atoms with E-state index in [1.54, 1.807) is 26.3 Å². The molecular formula is C19H29F3N4O3. The van der Waals surface area contributed by atoms with Crippen LogP contribution in [0.1, 0.15) is 24.8 Å². The quantitative estimate of drug-likeness (QED) is 0.378. The van der Waals surface area contributed by atoms with E-state index in [-0.39, 0.29) is 18.5 Å². The third-order valence-corrected chi connectivity index (χ3v) is 4.46. The minimum absolute atomic E-state index is 0.0315. The first-order valence-electron chi connectivity index (χ1n) is 9.62. The number of nitrogens with zero attached hydrogens (tertiary/aromatic N) is 3. The molecule has 2 heterocycles. The predicted octanol–water partition coefficient (Wildman–Crippen LogP) is 2.62. The second-order valence-corrected chi connectivity index (χ2v) is 6.68. The van der Waals surface area contributed by atoms with Crippen molar-refractivity contribution >= 4 is 5.96 Å². The zero-order chi connectivity index (χ0) is 21.1. The van der Waals surface area contributed by atoms with Crippen molar-refractivity contribution in [3.8, 4) is 5.88 Å². The number of likely N-dealkylation sites (tertiary alicyclic amines) is 1. The van der Waals surface area contributed by atoms with Crippen molar-refractivity contribution in [1.82, 2.24) is 15.2 Å². The minimum Gasteiger partial charge on any atom is -0.468 e. The van der Waals surface area contributed by atoms with E-state index in [0.717, 1.165) is 32.4 Å². The fraction of sp³-hybridized carbons (Fsp3) is 0.684. The van der Waals surface area contributed by atoms with E-state index in [9.17, 15) is 13.2 Å². The molecule has 2 rings (SSSR count). The number of guanidine groups is 1. The first kappa shape index (κ1) is 23.2. The fourth-order valence-corrected chi connectivity index (χ4v) is 3.03. The van der Waals surface area contributed by atoms with Crippen LogP contribution in [0.3, 0.4) is 0 Å². The van der Waals surface area contributed by atoms with Gasteiger partial charge in [-0.25, -0.2) is 4.98 Å². The Morgan fingerprint density at radius 3 is 2.72 bits per heavy atom. The summed E-state index contributed by atoms with van der Waals surface area (Å²) in [5.41, 5.74) is 0.536. The van der Waals surface area contributed by atoms with Crippen molar-refractivity contribution in [2.45, 2.75) is 38.1 Å².